The van der Waals surface area contributed by atoms with E-state index < -0.39 is 16.6 Å². The van der Waals surface area contributed by atoms with Crippen molar-refractivity contribution in [2.24, 2.45) is 5.92 Å². The number of likely N-dealkylation sites (tertiary alicyclic amines) is 1. The molecule has 2 amide bonds. The summed E-state index contributed by atoms with van der Waals surface area (Å²) < 4.78 is 5.23. The third-order valence-corrected chi connectivity index (χ3v) is 4.39. The zero-order valence-corrected chi connectivity index (χ0v) is 16.3. The standard InChI is InChI=1S/C19H27N3O5/c1-13-10-15(22(25)26)7-8-16(13)17(23)21-9-5-6-14(12-21)11-20-18(24)27-19(2,3)4/h7-8,10,14H,5-6,9,11-12H2,1-4H3,(H,20,24). The first-order valence-corrected chi connectivity index (χ1v) is 9.08. The molecule has 1 aromatic carbocycles. The van der Waals surface area contributed by atoms with Crippen LogP contribution in [0, 0.1) is 23.0 Å². The van der Waals surface area contributed by atoms with E-state index in [2.05, 4.69) is 5.32 Å². The maximum Gasteiger partial charge on any atom is 0.407 e. The third kappa shape index (κ3) is 5.94. The predicted molar refractivity (Wildman–Crippen MR) is 101 cm³/mol. The average Bonchev–Trinajstić information content (AvgIpc) is 2.58. The van der Waals surface area contributed by atoms with Crippen molar-refractivity contribution in [1.82, 2.24) is 10.2 Å². The van der Waals surface area contributed by atoms with Gasteiger partial charge in [-0.3, -0.25) is 14.9 Å². The van der Waals surface area contributed by atoms with Gasteiger partial charge in [-0.2, -0.15) is 0 Å². The van der Waals surface area contributed by atoms with Gasteiger partial charge in [0.05, 0.1) is 4.92 Å². The summed E-state index contributed by atoms with van der Waals surface area (Å²) in [6.45, 7) is 8.73. The van der Waals surface area contributed by atoms with E-state index in [1.165, 1.54) is 18.2 Å². The molecule has 1 N–H and O–H groups in total. The fourth-order valence-corrected chi connectivity index (χ4v) is 3.13. The smallest absolute Gasteiger partial charge is 0.407 e. The fourth-order valence-electron chi connectivity index (χ4n) is 3.13. The summed E-state index contributed by atoms with van der Waals surface area (Å²) in [6, 6.07) is 4.28. The van der Waals surface area contributed by atoms with E-state index >= 15 is 0 Å². The molecule has 1 unspecified atom stereocenters. The van der Waals surface area contributed by atoms with Gasteiger partial charge in [-0.25, -0.2) is 4.79 Å². The minimum atomic E-state index is -0.550. The van der Waals surface area contributed by atoms with Crippen molar-refractivity contribution in [2.45, 2.75) is 46.1 Å². The van der Waals surface area contributed by atoms with Gasteiger partial charge in [0.15, 0.2) is 0 Å². The topological polar surface area (TPSA) is 102 Å². The first-order valence-electron chi connectivity index (χ1n) is 9.08. The lowest BCUT2D eigenvalue weighted by molar-refractivity contribution is -0.384. The van der Waals surface area contributed by atoms with E-state index in [0.717, 1.165) is 12.8 Å². The van der Waals surface area contributed by atoms with Crippen LogP contribution in [0.5, 0.6) is 0 Å². The van der Waals surface area contributed by atoms with Crippen molar-refractivity contribution >= 4 is 17.7 Å². The van der Waals surface area contributed by atoms with E-state index in [4.69, 9.17) is 4.74 Å². The molecule has 148 valence electrons. The Labute approximate surface area is 159 Å². The molecule has 0 aromatic heterocycles. The number of rotatable bonds is 4. The first kappa shape index (κ1) is 20.7. The molecular weight excluding hydrogens is 350 g/mol. The van der Waals surface area contributed by atoms with Gasteiger partial charge in [0, 0.05) is 37.3 Å². The van der Waals surface area contributed by atoms with Crippen LogP contribution in [0.3, 0.4) is 0 Å². The highest BCUT2D eigenvalue weighted by Gasteiger charge is 2.26. The van der Waals surface area contributed by atoms with E-state index in [9.17, 15) is 19.7 Å². The van der Waals surface area contributed by atoms with Crippen LogP contribution >= 0.6 is 0 Å². The highest BCUT2D eigenvalue weighted by molar-refractivity contribution is 5.96. The molecule has 2 rings (SSSR count). The molecule has 1 atom stereocenters. The van der Waals surface area contributed by atoms with Crippen LogP contribution in [0.1, 0.15) is 49.5 Å². The lowest BCUT2D eigenvalue weighted by atomic mass is 9.96. The van der Waals surface area contributed by atoms with Gasteiger partial charge < -0.3 is 15.0 Å². The van der Waals surface area contributed by atoms with Crippen molar-refractivity contribution in [3.05, 3.63) is 39.4 Å². The summed E-state index contributed by atoms with van der Waals surface area (Å²) in [5.41, 5.74) is 0.484. The lowest BCUT2D eigenvalue weighted by Crippen LogP contribution is -2.44. The van der Waals surface area contributed by atoms with Crippen LogP contribution in [-0.2, 0) is 4.74 Å². The number of piperidine rings is 1. The van der Waals surface area contributed by atoms with Gasteiger partial charge in [-0.15, -0.1) is 0 Å². The minimum absolute atomic E-state index is 0.0258. The molecule has 1 heterocycles. The Hall–Kier alpha value is -2.64. The van der Waals surface area contributed by atoms with Gasteiger partial charge in [0.1, 0.15) is 5.60 Å². The summed E-state index contributed by atoms with van der Waals surface area (Å²) in [6.07, 6.45) is 1.30. The number of carbonyl (C=O) groups is 2. The van der Waals surface area contributed by atoms with E-state index in [1.807, 2.05) is 0 Å². The van der Waals surface area contributed by atoms with Gasteiger partial charge in [-0.05, 0) is 58.1 Å². The van der Waals surface area contributed by atoms with Crippen molar-refractivity contribution in [3.8, 4) is 0 Å². The Balaban J connectivity index is 1.96. The van der Waals surface area contributed by atoms with Crippen LogP contribution in [0.2, 0.25) is 0 Å². The highest BCUT2D eigenvalue weighted by Crippen LogP contribution is 2.22. The number of hydrogen-bond acceptors (Lipinski definition) is 5. The fraction of sp³-hybridized carbons (Fsp3) is 0.579. The molecule has 27 heavy (non-hydrogen) atoms. The molecule has 0 spiro atoms. The Morgan fingerprint density at radius 1 is 1.37 bits per heavy atom. The lowest BCUT2D eigenvalue weighted by Gasteiger charge is -2.33. The zero-order chi connectivity index (χ0) is 20.2. The molecule has 1 aliphatic heterocycles. The number of carbonyl (C=O) groups excluding carboxylic acids is 2. The molecule has 1 saturated heterocycles. The molecule has 0 radical (unpaired) electrons. The maximum atomic E-state index is 12.8. The number of aryl methyl sites for hydroxylation is 1. The minimum Gasteiger partial charge on any atom is -0.444 e. The van der Waals surface area contributed by atoms with Crippen molar-refractivity contribution in [1.29, 1.82) is 0 Å². The number of non-ortho nitro benzene ring substituents is 1. The van der Waals surface area contributed by atoms with Gasteiger partial charge in [0.25, 0.3) is 11.6 Å². The van der Waals surface area contributed by atoms with E-state index in [-0.39, 0.29) is 17.5 Å². The molecule has 0 bridgehead atoms. The van der Waals surface area contributed by atoms with Crippen LogP contribution in [0.4, 0.5) is 10.5 Å². The molecule has 1 aliphatic rings. The second-order valence-corrected chi connectivity index (χ2v) is 7.90. The van der Waals surface area contributed by atoms with Crippen LogP contribution in [0.25, 0.3) is 0 Å². The third-order valence-electron chi connectivity index (χ3n) is 4.39. The van der Waals surface area contributed by atoms with Crippen molar-refractivity contribution < 1.29 is 19.2 Å². The second kappa shape index (κ2) is 8.37. The zero-order valence-electron chi connectivity index (χ0n) is 16.3. The maximum absolute atomic E-state index is 12.8. The molecular formula is C19H27N3O5. The number of nitro benzene ring substituents is 1. The molecule has 0 saturated carbocycles. The summed E-state index contributed by atoms with van der Waals surface area (Å²) >= 11 is 0. The summed E-state index contributed by atoms with van der Waals surface area (Å²) in [4.78, 5) is 36.8. The number of hydrogen-bond donors (Lipinski definition) is 1. The predicted octanol–water partition coefficient (Wildman–Crippen LogP) is 3.28. The highest BCUT2D eigenvalue weighted by atomic mass is 16.6. The normalized spacial score (nSPS) is 17.3. The SMILES string of the molecule is Cc1cc([N+](=O)[O-])ccc1C(=O)N1CCCC(CNC(=O)OC(C)(C)C)C1. The Kier molecular flexibility index (Phi) is 6.41. The van der Waals surface area contributed by atoms with Crippen molar-refractivity contribution in [3.63, 3.8) is 0 Å². The molecule has 1 aromatic rings. The number of nitro groups is 1. The molecule has 0 aliphatic carbocycles. The summed E-state index contributed by atoms with van der Waals surface area (Å²) in [5.74, 6) is 0.0120. The Morgan fingerprint density at radius 3 is 2.67 bits per heavy atom. The molecule has 8 heteroatoms. The van der Waals surface area contributed by atoms with Gasteiger partial charge in [-0.1, -0.05) is 0 Å². The number of ether oxygens (including phenoxy) is 1. The largest absolute Gasteiger partial charge is 0.444 e. The Bertz CT molecular complexity index is 727. The van der Waals surface area contributed by atoms with Crippen LogP contribution in [0.15, 0.2) is 18.2 Å². The summed E-state index contributed by atoms with van der Waals surface area (Å²) in [7, 11) is 0. The van der Waals surface area contributed by atoms with Crippen molar-refractivity contribution in [2.75, 3.05) is 19.6 Å². The number of amides is 2. The first-order chi connectivity index (χ1) is 12.6. The molecule has 8 nitrogen and oxygen atoms in total. The van der Waals surface area contributed by atoms with Crippen LogP contribution < -0.4 is 5.32 Å². The number of alkyl carbamates (subject to hydrolysis) is 1. The van der Waals surface area contributed by atoms with Gasteiger partial charge >= 0.3 is 6.09 Å². The average molecular weight is 377 g/mol. The second-order valence-electron chi connectivity index (χ2n) is 7.90. The number of nitrogens with zero attached hydrogens (tertiary/aromatic N) is 2. The summed E-state index contributed by atoms with van der Waals surface area (Å²) in [5, 5.41) is 13.6. The Morgan fingerprint density at radius 2 is 2.07 bits per heavy atom. The van der Waals surface area contributed by atoms with E-state index in [1.54, 1.807) is 32.6 Å². The number of nitrogens with one attached hydrogen (secondary N) is 1. The number of benzene rings is 1. The molecule has 1 fully saturated rings. The van der Waals surface area contributed by atoms with Gasteiger partial charge in [0.2, 0.25) is 0 Å². The monoisotopic (exact) mass is 377 g/mol. The quantitative estimate of drug-likeness (QED) is 0.641. The van der Waals surface area contributed by atoms with Crippen LogP contribution in [-0.4, -0.2) is 47.1 Å². The van der Waals surface area contributed by atoms with E-state index in [0.29, 0.717) is 30.8 Å².